The van der Waals surface area contributed by atoms with Crippen molar-refractivity contribution in [1.29, 1.82) is 0 Å². The first-order valence-electron chi connectivity index (χ1n) is 5.70. The number of carbonyl (C=O) groups is 1. The summed E-state index contributed by atoms with van der Waals surface area (Å²) in [6, 6.07) is 3.50. The van der Waals surface area contributed by atoms with Crippen LogP contribution < -0.4 is 5.32 Å². The molecule has 0 saturated carbocycles. The molecule has 6 nitrogen and oxygen atoms in total. The van der Waals surface area contributed by atoms with Gasteiger partial charge in [-0.1, -0.05) is 6.07 Å². The second-order valence-electron chi connectivity index (χ2n) is 4.08. The summed E-state index contributed by atoms with van der Waals surface area (Å²) in [5.74, 6) is -0.0962. The SMILES string of the molecule is Cc1ccc(CNC(=O)[C@@H](C)n2cncn2)cn1. The number of rotatable bonds is 4. The van der Waals surface area contributed by atoms with Gasteiger partial charge in [0.1, 0.15) is 18.7 Å². The maximum Gasteiger partial charge on any atom is 0.244 e. The molecule has 0 spiro atoms. The van der Waals surface area contributed by atoms with E-state index in [0.29, 0.717) is 6.54 Å². The van der Waals surface area contributed by atoms with Crippen molar-refractivity contribution in [3.63, 3.8) is 0 Å². The Balaban J connectivity index is 1.90. The molecule has 0 aliphatic carbocycles. The number of carbonyl (C=O) groups excluding carboxylic acids is 1. The van der Waals surface area contributed by atoms with E-state index in [1.165, 1.54) is 17.3 Å². The molecular formula is C12H15N5O. The maximum atomic E-state index is 11.9. The van der Waals surface area contributed by atoms with Crippen molar-refractivity contribution in [2.24, 2.45) is 0 Å². The minimum atomic E-state index is -0.370. The van der Waals surface area contributed by atoms with Gasteiger partial charge in [-0.05, 0) is 25.5 Å². The molecule has 94 valence electrons. The van der Waals surface area contributed by atoms with E-state index in [4.69, 9.17) is 0 Å². The fraction of sp³-hybridized carbons (Fsp3) is 0.333. The lowest BCUT2D eigenvalue weighted by atomic mass is 10.2. The molecule has 2 heterocycles. The minimum absolute atomic E-state index is 0.0962. The summed E-state index contributed by atoms with van der Waals surface area (Å²) < 4.78 is 1.52. The lowest BCUT2D eigenvalue weighted by molar-refractivity contribution is -0.124. The Labute approximate surface area is 105 Å². The van der Waals surface area contributed by atoms with E-state index in [2.05, 4.69) is 20.4 Å². The summed E-state index contributed by atoms with van der Waals surface area (Å²) in [6.45, 7) is 4.16. The van der Waals surface area contributed by atoms with Crippen LogP contribution in [0.2, 0.25) is 0 Å². The quantitative estimate of drug-likeness (QED) is 0.867. The first-order chi connectivity index (χ1) is 8.66. The molecule has 0 saturated heterocycles. The van der Waals surface area contributed by atoms with Crippen LogP contribution >= 0.6 is 0 Å². The number of pyridine rings is 1. The van der Waals surface area contributed by atoms with Crippen LogP contribution in [0.3, 0.4) is 0 Å². The van der Waals surface area contributed by atoms with Crippen LogP contribution in [0.4, 0.5) is 0 Å². The van der Waals surface area contributed by atoms with E-state index in [-0.39, 0.29) is 11.9 Å². The predicted molar refractivity (Wildman–Crippen MR) is 65.6 cm³/mol. The third-order valence-electron chi connectivity index (χ3n) is 2.65. The van der Waals surface area contributed by atoms with Gasteiger partial charge >= 0.3 is 0 Å². The minimum Gasteiger partial charge on any atom is -0.350 e. The molecule has 0 aliphatic heterocycles. The van der Waals surface area contributed by atoms with Crippen molar-refractivity contribution in [1.82, 2.24) is 25.1 Å². The van der Waals surface area contributed by atoms with Gasteiger partial charge in [-0.2, -0.15) is 5.10 Å². The van der Waals surface area contributed by atoms with E-state index in [1.807, 2.05) is 19.1 Å². The summed E-state index contributed by atoms with van der Waals surface area (Å²) in [6.07, 6.45) is 4.70. The zero-order valence-corrected chi connectivity index (χ0v) is 10.4. The van der Waals surface area contributed by atoms with Crippen LogP contribution in [-0.4, -0.2) is 25.7 Å². The molecule has 0 fully saturated rings. The topological polar surface area (TPSA) is 72.7 Å². The number of aromatic nitrogens is 4. The van der Waals surface area contributed by atoms with Crippen molar-refractivity contribution in [2.75, 3.05) is 0 Å². The summed E-state index contributed by atoms with van der Waals surface area (Å²) in [5.41, 5.74) is 1.93. The fourth-order valence-electron chi connectivity index (χ4n) is 1.48. The molecule has 0 unspecified atom stereocenters. The second-order valence-corrected chi connectivity index (χ2v) is 4.08. The number of nitrogens with one attached hydrogen (secondary N) is 1. The Bertz CT molecular complexity index is 506. The normalized spacial score (nSPS) is 12.1. The van der Waals surface area contributed by atoms with Gasteiger partial charge in [-0.3, -0.25) is 9.78 Å². The van der Waals surface area contributed by atoms with Gasteiger partial charge < -0.3 is 5.32 Å². The molecule has 0 aliphatic rings. The van der Waals surface area contributed by atoms with Crippen molar-refractivity contribution in [3.8, 4) is 0 Å². The maximum absolute atomic E-state index is 11.9. The summed E-state index contributed by atoms with van der Waals surface area (Å²) in [5, 5.41) is 6.78. The standard InChI is InChI=1S/C12H15N5O/c1-9-3-4-11(5-14-9)6-15-12(18)10(2)17-8-13-7-16-17/h3-5,7-8,10H,6H2,1-2H3,(H,15,18)/t10-/m1/s1. The summed E-state index contributed by atoms with van der Waals surface area (Å²) in [7, 11) is 0. The number of hydrogen-bond acceptors (Lipinski definition) is 4. The van der Waals surface area contributed by atoms with Crippen molar-refractivity contribution in [2.45, 2.75) is 26.4 Å². The van der Waals surface area contributed by atoms with Crippen molar-refractivity contribution in [3.05, 3.63) is 42.2 Å². The molecular weight excluding hydrogens is 230 g/mol. The predicted octanol–water partition coefficient (Wildman–Crippen LogP) is 0.859. The van der Waals surface area contributed by atoms with Crippen LogP contribution in [0.1, 0.15) is 24.2 Å². The Hall–Kier alpha value is -2.24. The molecule has 2 aromatic rings. The molecule has 0 bridgehead atoms. The number of hydrogen-bond donors (Lipinski definition) is 1. The highest BCUT2D eigenvalue weighted by atomic mass is 16.2. The Morgan fingerprint density at radius 3 is 2.94 bits per heavy atom. The lowest BCUT2D eigenvalue weighted by Gasteiger charge is -2.11. The molecule has 6 heteroatoms. The molecule has 1 atom stereocenters. The average Bonchev–Trinajstić information content (AvgIpc) is 2.90. The summed E-state index contributed by atoms with van der Waals surface area (Å²) in [4.78, 5) is 19.9. The van der Waals surface area contributed by atoms with Gasteiger partial charge in [0.25, 0.3) is 0 Å². The monoisotopic (exact) mass is 245 g/mol. The number of nitrogens with zero attached hydrogens (tertiary/aromatic N) is 4. The number of aryl methyl sites for hydroxylation is 1. The molecule has 18 heavy (non-hydrogen) atoms. The van der Waals surface area contributed by atoms with Gasteiger partial charge in [0.2, 0.25) is 5.91 Å². The first-order valence-corrected chi connectivity index (χ1v) is 5.70. The Morgan fingerprint density at radius 1 is 1.50 bits per heavy atom. The van der Waals surface area contributed by atoms with Crippen molar-refractivity contribution >= 4 is 5.91 Å². The van der Waals surface area contributed by atoms with E-state index in [9.17, 15) is 4.79 Å². The van der Waals surface area contributed by atoms with Crippen LogP contribution in [-0.2, 0) is 11.3 Å². The van der Waals surface area contributed by atoms with Gasteiger partial charge in [-0.25, -0.2) is 9.67 Å². The second kappa shape index (κ2) is 5.39. The zero-order valence-electron chi connectivity index (χ0n) is 10.4. The molecule has 1 N–H and O–H groups in total. The van der Waals surface area contributed by atoms with Crippen LogP contribution in [0, 0.1) is 6.92 Å². The third-order valence-corrected chi connectivity index (χ3v) is 2.65. The van der Waals surface area contributed by atoms with Crippen molar-refractivity contribution < 1.29 is 4.79 Å². The highest BCUT2D eigenvalue weighted by molar-refractivity contribution is 5.79. The van der Waals surface area contributed by atoms with Gasteiger partial charge in [0, 0.05) is 18.4 Å². The average molecular weight is 245 g/mol. The van der Waals surface area contributed by atoms with E-state index < -0.39 is 0 Å². The van der Waals surface area contributed by atoms with Gasteiger partial charge in [0.05, 0.1) is 0 Å². The van der Waals surface area contributed by atoms with Crippen LogP contribution in [0.5, 0.6) is 0 Å². The van der Waals surface area contributed by atoms with Crippen LogP contribution in [0.15, 0.2) is 31.0 Å². The first kappa shape index (κ1) is 12.2. The Morgan fingerprint density at radius 2 is 2.33 bits per heavy atom. The fourth-order valence-corrected chi connectivity index (χ4v) is 1.48. The summed E-state index contributed by atoms with van der Waals surface area (Å²) >= 11 is 0. The molecule has 0 aromatic carbocycles. The van der Waals surface area contributed by atoms with E-state index >= 15 is 0 Å². The van der Waals surface area contributed by atoms with E-state index in [1.54, 1.807) is 13.1 Å². The highest BCUT2D eigenvalue weighted by Crippen LogP contribution is 2.03. The molecule has 1 amide bonds. The smallest absolute Gasteiger partial charge is 0.244 e. The molecule has 0 radical (unpaired) electrons. The van der Waals surface area contributed by atoms with E-state index in [0.717, 1.165) is 11.3 Å². The largest absolute Gasteiger partial charge is 0.350 e. The van der Waals surface area contributed by atoms with Crippen LogP contribution in [0.25, 0.3) is 0 Å². The Kier molecular flexibility index (Phi) is 3.66. The molecule has 2 aromatic heterocycles. The van der Waals surface area contributed by atoms with Gasteiger partial charge in [-0.15, -0.1) is 0 Å². The lowest BCUT2D eigenvalue weighted by Crippen LogP contribution is -2.30. The third kappa shape index (κ3) is 2.91. The van der Waals surface area contributed by atoms with Gasteiger partial charge in [0.15, 0.2) is 0 Å². The highest BCUT2D eigenvalue weighted by Gasteiger charge is 2.14. The zero-order chi connectivity index (χ0) is 13.0. The molecule has 2 rings (SSSR count). The number of amides is 1.